The SMILES string of the molecule is Clc1ccc(Nc2nc(Nc3ccc(Cl)cc3)nc(Nc3ccc(Nc4nc(Nc5ccc(Cl)cc5)nc(Nc5ccc(Cl)cc5)n4)cc3)n2)cc1. The van der Waals surface area contributed by atoms with E-state index in [9.17, 15) is 0 Å². The number of nitrogens with zero attached hydrogens (tertiary/aromatic N) is 6. The van der Waals surface area contributed by atoms with Crippen LogP contribution in [0.3, 0.4) is 0 Å². The number of halogens is 4. The van der Waals surface area contributed by atoms with Crippen molar-refractivity contribution in [1.29, 1.82) is 0 Å². The van der Waals surface area contributed by atoms with Gasteiger partial charge in [-0.15, -0.1) is 0 Å². The highest BCUT2D eigenvalue weighted by Crippen LogP contribution is 2.26. The molecule has 0 radical (unpaired) electrons. The summed E-state index contributed by atoms with van der Waals surface area (Å²) in [5, 5.41) is 21.8. The van der Waals surface area contributed by atoms with Gasteiger partial charge in [0.2, 0.25) is 35.7 Å². The Morgan fingerprint density at radius 2 is 0.365 bits per heavy atom. The molecule has 0 saturated carbocycles. The first-order valence-corrected chi connectivity index (χ1v) is 17.1. The van der Waals surface area contributed by atoms with E-state index in [1.807, 2.05) is 72.8 Å². The molecule has 6 N–H and O–H groups in total. The van der Waals surface area contributed by atoms with Crippen molar-refractivity contribution in [2.45, 2.75) is 0 Å². The van der Waals surface area contributed by atoms with Crippen LogP contribution in [0.4, 0.5) is 69.8 Å². The third kappa shape index (κ3) is 9.65. The molecule has 0 aliphatic heterocycles. The van der Waals surface area contributed by atoms with Gasteiger partial charge in [0.1, 0.15) is 0 Å². The van der Waals surface area contributed by atoms with Gasteiger partial charge in [-0.3, -0.25) is 0 Å². The number of nitrogens with one attached hydrogen (secondary N) is 6. The summed E-state index contributed by atoms with van der Waals surface area (Å²) in [5.74, 6) is 1.87. The fraction of sp³-hybridized carbons (Fsp3) is 0. The Morgan fingerprint density at radius 1 is 0.231 bits per heavy atom. The molecule has 0 unspecified atom stereocenters. The molecule has 2 aromatic heterocycles. The Kier molecular flexibility index (Phi) is 10.6. The molecule has 0 aliphatic rings. The lowest BCUT2D eigenvalue weighted by Gasteiger charge is -2.13. The van der Waals surface area contributed by atoms with Crippen molar-refractivity contribution in [2.75, 3.05) is 31.9 Å². The van der Waals surface area contributed by atoms with Crippen molar-refractivity contribution in [2.24, 2.45) is 0 Å². The van der Waals surface area contributed by atoms with Gasteiger partial charge in [0.15, 0.2) is 0 Å². The number of hydrogen-bond donors (Lipinski definition) is 6. The van der Waals surface area contributed by atoms with Crippen LogP contribution in [0.15, 0.2) is 121 Å². The Hall–Kier alpha value is -5.92. The van der Waals surface area contributed by atoms with E-state index in [1.54, 1.807) is 48.5 Å². The van der Waals surface area contributed by atoms with Gasteiger partial charge in [0.05, 0.1) is 0 Å². The monoisotopic (exact) mass is 766 g/mol. The third-order valence-corrected chi connectivity index (χ3v) is 8.08. The van der Waals surface area contributed by atoms with Crippen molar-refractivity contribution in [3.63, 3.8) is 0 Å². The maximum absolute atomic E-state index is 6.07. The molecule has 0 aliphatic carbocycles. The molecule has 2 heterocycles. The molecular formula is C36H26Cl4N12. The van der Waals surface area contributed by atoms with Crippen LogP contribution in [0.25, 0.3) is 0 Å². The summed E-state index contributed by atoms with van der Waals surface area (Å²) in [6, 6.07) is 36.3. The lowest BCUT2D eigenvalue weighted by atomic mass is 10.3. The Bertz CT molecular complexity index is 1980. The first-order chi connectivity index (χ1) is 25.3. The van der Waals surface area contributed by atoms with Crippen molar-refractivity contribution in [1.82, 2.24) is 29.9 Å². The van der Waals surface area contributed by atoms with E-state index in [2.05, 4.69) is 61.8 Å². The molecule has 12 nitrogen and oxygen atoms in total. The van der Waals surface area contributed by atoms with E-state index >= 15 is 0 Å². The van der Waals surface area contributed by atoms with Gasteiger partial charge in [-0.2, -0.15) is 29.9 Å². The molecule has 5 aromatic carbocycles. The van der Waals surface area contributed by atoms with Crippen LogP contribution < -0.4 is 31.9 Å². The summed E-state index contributed by atoms with van der Waals surface area (Å²) in [4.78, 5) is 27.4. The van der Waals surface area contributed by atoms with Gasteiger partial charge >= 0.3 is 0 Å². The topological polar surface area (TPSA) is 150 Å². The highest BCUT2D eigenvalue weighted by molar-refractivity contribution is 6.31. The number of rotatable bonds is 12. The van der Waals surface area contributed by atoms with Crippen LogP contribution in [-0.2, 0) is 0 Å². The van der Waals surface area contributed by atoms with Crippen LogP contribution in [0, 0.1) is 0 Å². The van der Waals surface area contributed by atoms with Gasteiger partial charge in [0.25, 0.3) is 0 Å². The summed E-state index contributed by atoms with van der Waals surface area (Å²) in [5.41, 5.74) is 4.46. The maximum Gasteiger partial charge on any atom is 0.233 e. The van der Waals surface area contributed by atoms with Gasteiger partial charge in [-0.1, -0.05) is 46.4 Å². The van der Waals surface area contributed by atoms with Crippen LogP contribution in [-0.4, -0.2) is 29.9 Å². The molecule has 7 rings (SSSR count). The molecule has 7 aromatic rings. The van der Waals surface area contributed by atoms with Crippen molar-refractivity contribution >= 4 is 116 Å². The quantitative estimate of drug-likeness (QED) is 0.0702. The number of hydrogen-bond acceptors (Lipinski definition) is 12. The van der Waals surface area contributed by atoms with E-state index in [0.717, 1.165) is 34.1 Å². The van der Waals surface area contributed by atoms with E-state index in [4.69, 9.17) is 46.4 Å². The normalized spacial score (nSPS) is 10.7. The highest BCUT2D eigenvalue weighted by atomic mass is 35.5. The summed E-state index contributed by atoms with van der Waals surface area (Å²) >= 11 is 24.3. The molecule has 0 bridgehead atoms. The van der Waals surface area contributed by atoms with E-state index in [1.165, 1.54) is 0 Å². The first kappa shape index (κ1) is 34.5. The molecule has 52 heavy (non-hydrogen) atoms. The zero-order valence-corrected chi connectivity index (χ0v) is 29.8. The molecule has 0 fully saturated rings. The summed E-state index contributed by atoms with van der Waals surface area (Å²) in [6.45, 7) is 0. The van der Waals surface area contributed by atoms with Gasteiger partial charge < -0.3 is 31.9 Å². The van der Waals surface area contributed by atoms with E-state index in [-0.39, 0.29) is 0 Å². The van der Waals surface area contributed by atoms with Crippen molar-refractivity contribution < 1.29 is 0 Å². The molecular weight excluding hydrogens is 742 g/mol. The first-order valence-electron chi connectivity index (χ1n) is 15.5. The van der Waals surface area contributed by atoms with Crippen molar-refractivity contribution in [3.05, 3.63) is 141 Å². The average molecular weight is 768 g/mol. The zero-order chi connectivity index (χ0) is 35.9. The summed E-state index contributed by atoms with van der Waals surface area (Å²) in [6.07, 6.45) is 0. The second-order valence-corrected chi connectivity index (χ2v) is 12.7. The highest BCUT2D eigenvalue weighted by Gasteiger charge is 2.11. The van der Waals surface area contributed by atoms with Crippen LogP contribution in [0.2, 0.25) is 20.1 Å². The Labute approximate surface area is 318 Å². The van der Waals surface area contributed by atoms with Gasteiger partial charge in [-0.25, -0.2) is 0 Å². The lowest BCUT2D eigenvalue weighted by Crippen LogP contribution is -2.08. The molecule has 0 atom stereocenters. The molecule has 258 valence electrons. The molecule has 0 amide bonds. The smallest absolute Gasteiger partial charge is 0.233 e. The third-order valence-electron chi connectivity index (χ3n) is 7.07. The maximum atomic E-state index is 6.07. The van der Waals surface area contributed by atoms with E-state index in [0.29, 0.717) is 55.8 Å². The van der Waals surface area contributed by atoms with Crippen LogP contribution >= 0.6 is 46.4 Å². The van der Waals surface area contributed by atoms with E-state index < -0.39 is 0 Å². The second-order valence-electron chi connectivity index (χ2n) is 11.0. The fourth-order valence-corrected chi connectivity index (χ4v) is 5.14. The fourth-order valence-electron chi connectivity index (χ4n) is 4.63. The summed E-state index contributed by atoms with van der Waals surface area (Å²) < 4.78 is 0. The lowest BCUT2D eigenvalue weighted by molar-refractivity contribution is 1.06. The number of aromatic nitrogens is 6. The number of benzene rings is 5. The predicted octanol–water partition coefficient (Wildman–Crippen LogP) is 11.1. The molecule has 16 heteroatoms. The summed E-state index contributed by atoms with van der Waals surface area (Å²) in [7, 11) is 0. The standard InChI is InChI=1S/C36H26Cl4N12/c37-21-1-9-25(10-2-21)41-31-47-32(42-26-11-3-22(38)4-12-26)50-35(49-31)45-29-17-19-30(20-18-29)46-36-51-33(43-27-13-5-23(39)6-14-27)48-34(52-36)44-28-15-7-24(40)8-16-28/h1-20H,(H3,41,42,45,47,49,50)(H3,43,44,46,48,51,52). The molecule has 0 spiro atoms. The second kappa shape index (κ2) is 16.0. The van der Waals surface area contributed by atoms with Crippen LogP contribution in [0.1, 0.15) is 0 Å². The largest absolute Gasteiger partial charge is 0.324 e. The van der Waals surface area contributed by atoms with Gasteiger partial charge in [-0.05, 0) is 121 Å². The molecule has 0 saturated heterocycles. The predicted molar refractivity (Wildman–Crippen MR) is 212 cm³/mol. The Morgan fingerprint density at radius 3 is 0.519 bits per heavy atom. The van der Waals surface area contributed by atoms with Crippen molar-refractivity contribution in [3.8, 4) is 0 Å². The minimum Gasteiger partial charge on any atom is -0.324 e. The Balaban J connectivity index is 1.10. The minimum absolute atomic E-state index is 0.303. The number of anilines is 12. The average Bonchev–Trinajstić information content (AvgIpc) is 3.13. The zero-order valence-electron chi connectivity index (χ0n) is 26.7. The minimum atomic E-state index is 0.303. The van der Waals surface area contributed by atoms with Gasteiger partial charge in [0, 0.05) is 54.2 Å². The van der Waals surface area contributed by atoms with Crippen LogP contribution in [0.5, 0.6) is 0 Å².